The lowest BCUT2D eigenvalue weighted by Gasteiger charge is -2.41. The molecule has 7 heteroatoms. The summed E-state index contributed by atoms with van der Waals surface area (Å²) in [6, 6.07) is 0. The molecule has 0 aromatic heterocycles. The second-order valence-corrected chi connectivity index (χ2v) is 8.81. The average molecular weight is 378 g/mol. The SMILES string of the molecule is CC1=C(N2CCC[C@]3(CCCN(C(=O)OC(C)(C)C)CC3)C2=O)COC1=O. The van der Waals surface area contributed by atoms with E-state index in [1.165, 1.54) is 0 Å². The second-order valence-electron chi connectivity index (χ2n) is 8.81. The first-order valence-electron chi connectivity index (χ1n) is 9.80. The Hall–Kier alpha value is -2.05. The summed E-state index contributed by atoms with van der Waals surface area (Å²) >= 11 is 0. The van der Waals surface area contributed by atoms with Gasteiger partial charge in [-0.3, -0.25) is 4.79 Å². The summed E-state index contributed by atoms with van der Waals surface area (Å²) in [4.78, 5) is 41.0. The van der Waals surface area contributed by atoms with E-state index in [2.05, 4.69) is 0 Å². The highest BCUT2D eigenvalue weighted by Crippen LogP contribution is 2.42. The molecule has 3 rings (SSSR count). The van der Waals surface area contributed by atoms with Gasteiger partial charge < -0.3 is 19.3 Å². The topological polar surface area (TPSA) is 76.2 Å². The summed E-state index contributed by atoms with van der Waals surface area (Å²) in [6.07, 6.45) is 3.56. The Morgan fingerprint density at radius 2 is 1.74 bits per heavy atom. The highest BCUT2D eigenvalue weighted by atomic mass is 16.6. The maximum Gasteiger partial charge on any atom is 0.410 e. The van der Waals surface area contributed by atoms with Gasteiger partial charge in [-0.2, -0.15) is 0 Å². The maximum atomic E-state index is 13.4. The van der Waals surface area contributed by atoms with Gasteiger partial charge in [-0.15, -0.1) is 0 Å². The Labute approximate surface area is 160 Å². The fourth-order valence-electron chi connectivity index (χ4n) is 4.24. The summed E-state index contributed by atoms with van der Waals surface area (Å²) in [5.74, 6) is -0.262. The molecule has 0 saturated carbocycles. The van der Waals surface area contributed by atoms with Crippen molar-refractivity contribution in [3.05, 3.63) is 11.3 Å². The lowest BCUT2D eigenvalue weighted by Crippen LogP contribution is -2.49. The van der Waals surface area contributed by atoms with Gasteiger partial charge in [-0.1, -0.05) is 0 Å². The predicted octanol–water partition coefficient (Wildman–Crippen LogP) is 2.85. The lowest BCUT2D eigenvalue weighted by molar-refractivity contribution is -0.145. The van der Waals surface area contributed by atoms with Crippen LogP contribution >= 0.6 is 0 Å². The molecular formula is C20H30N2O5. The number of piperidine rings is 1. The Kier molecular flexibility index (Phi) is 5.23. The number of rotatable bonds is 1. The minimum atomic E-state index is -0.530. The van der Waals surface area contributed by atoms with Gasteiger partial charge in [0.2, 0.25) is 5.91 Å². The number of cyclic esters (lactones) is 1. The summed E-state index contributed by atoms with van der Waals surface area (Å²) in [5, 5.41) is 0. The molecule has 0 radical (unpaired) electrons. The molecular weight excluding hydrogens is 348 g/mol. The number of carbonyl (C=O) groups excluding carboxylic acids is 3. The van der Waals surface area contributed by atoms with Crippen molar-refractivity contribution in [2.24, 2.45) is 5.41 Å². The number of carbonyl (C=O) groups is 3. The molecule has 3 heterocycles. The van der Waals surface area contributed by atoms with Crippen molar-refractivity contribution in [3.8, 4) is 0 Å². The Bertz CT molecular complexity index is 678. The molecule has 2 fully saturated rings. The lowest BCUT2D eigenvalue weighted by atomic mass is 9.73. The number of amides is 2. The van der Waals surface area contributed by atoms with E-state index in [0.717, 1.165) is 25.7 Å². The van der Waals surface area contributed by atoms with E-state index in [-0.39, 0.29) is 24.6 Å². The predicted molar refractivity (Wildman–Crippen MR) is 98.7 cm³/mol. The normalized spacial score (nSPS) is 27.1. The molecule has 0 N–H and O–H groups in total. The van der Waals surface area contributed by atoms with Crippen LogP contribution in [0.25, 0.3) is 0 Å². The van der Waals surface area contributed by atoms with Gasteiger partial charge in [0.25, 0.3) is 0 Å². The van der Waals surface area contributed by atoms with Crippen molar-refractivity contribution in [1.82, 2.24) is 9.80 Å². The van der Waals surface area contributed by atoms with Crippen LogP contribution in [0, 0.1) is 5.41 Å². The summed E-state index contributed by atoms with van der Waals surface area (Å²) in [5.41, 5.74) is 0.243. The van der Waals surface area contributed by atoms with Crippen molar-refractivity contribution in [2.75, 3.05) is 26.2 Å². The Morgan fingerprint density at radius 3 is 2.33 bits per heavy atom. The van der Waals surface area contributed by atoms with Crippen LogP contribution in [0.3, 0.4) is 0 Å². The van der Waals surface area contributed by atoms with Crippen LogP contribution in [0.2, 0.25) is 0 Å². The fourth-order valence-corrected chi connectivity index (χ4v) is 4.24. The van der Waals surface area contributed by atoms with Crippen LogP contribution < -0.4 is 0 Å². The average Bonchev–Trinajstić information content (AvgIpc) is 2.80. The van der Waals surface area contributed by atoms with Crippen molar-refractivity contribution >= 4 is 18.0 Å². The zero-order valence-corrected chi connectivity index (χ0v) is 16.8. The second kappa shape index (κ2) is 7.17. The van der Waals surface area contributed by atoms with Crippen molar-refractivity contribution in [3.63, 3.8) is 0 Å². The first kappa shape index (κ1) is 19.7. The molecule has 2 amide bonds. The van der Waals surface area contributed by atoms with E-state index in [1.807, 2.05) is 20.8 Å². The molecule has 150 valence electrons. The van der Waals surface area contributed by atoms with Crippen LogP contribution in [0.1, 0.15) is 59.8 Å². The van der Waals surface area contributed by atoms with Crippen molar-refractivity contribution < 1.29 is 23.9 Å². The maximum absolute atomic E-state index is 13.4. The molecule has 0 aromatic rings. The summed E-state index contributed by atoms with van der Waals surface area (Å²) < 4.78 is 10.6. The van der Waals surface area contributed by atoms with E-state index in [4.69, 9.17) is 9.47 Å². The Balaban J connectivity index is 1.73. The fraction of sp³-hybridized carbons (Fsp3) is 0.750. The summed E-state index contributed by atoms with van der Waals surface area (Å²) in [6.45, 7) is 9.21. The van der Waals surface area contributed by atoms with Gasteiger partial charge in [0.1, 0.15) is 12.2 Å². The highest BCUT2D eigenvalue weighted by Gasteiger charge is 2.47. The van der Waals surface area contributed by atoms with Crippen LogP contribution in [0.5, 0.6) is 0 Å². The molecule has 3 aliphatic heterocycles. The van der Waals surface area contributed by atoms with E-state index in [9.17, 15) is 14.4 Å². The third-order valence-corrected chi connectivity index (χ3v) is 5.74. The molecule has 0 bridgehead atoms. The number of hydrogen-bond donors (Lipinski definition) is 0. The standard InChI is InChI=1S/C20H30N2O5/c1-14-15(13-26-16(14)23)22-11-6-8-20(17(22)24)7-5-10-21(12-9-20)18(25)27-19(2,3)4/h5-13H2,1-4H3/t20-/m0/s1. The van der Waals surface area contributed by atoms with Gasteiger partial charge in [0.15, 0.2) is 0 Å². The third kappa shape index (κ3) is 3.96. The minimum Gasteiger partial charge on any atom is -0.456 e. The van der Waals surface area contributed by atoms with Gasteiger partial charge in [0, 0.05) is 19.6 Å². The largest absolute Gasteiger partial charge is 0.456 e. The molecule has 0 unspecified atom stereocenters. The van der Waals surface area contributed by atoms with Gasteiger partial charge >= 0.3 is 12.1 Å². The first-order valence-corrected chi connectivity index (χ1v) is 9.80. The summed E-state index contributed by atoms with van der Waals surface area (Å²) in [7, 11) is 0. The van der Waals surface area contributed by atoms with Gasteiger partial charge in [-0.25, -0.2) is 9.59 Å². The van der Waals surface area contributed by atoms with Crippen LogP contribution in [-0.2, 0) is 19.1 Å². The van der Waals surface area contributed by atoms with Gasteiger partial charge in [0.05, 0.1) is 16.7 Å². The molecule has 7 nitrogen and oxygen atoms in total. The zero-order valence-electron chi connectivity index (χ0n) is 16.8. The van der Waals surface area contributed by atoms with E-state index in [0.29, 0.717) is 37.3 Å². The quantitative estimate of drug-likeness (QED) is 0.656. The third-order valence-electron chi connectivity index (χ3n) is 5.74. The monoisotopic (exact) mass is 378 g/mol. The minimum absolute atomic E-state index is 0.0763. The van der Waals surface area contributed by atoms with E-state index in [1.54, 1.807) is 16.7 Å². The van der Waals surface area contributed by atoms with E-state index < -0.39 is 11.0 Å². The van der Waals surface area contributed by atoms with Gasteiger partial charge in [-0.05, 0) is 59.8 Å². The molecule has 0 aromatic carbocycles. The van der Waals surface area contributed by atoms with Crippen LogP contribution in [0.4, 0.5) is 4.79 Å². The Morgan fingerprint density at radius 1 is 1.07 bits per heavy atom. The molecule has 2 saturated heterocycles. The molecule has 1 atom stereocenters. The number of esters is 1. The van der Waals surface area contributed by atoms with Crippen molar-refractivity contribution in [2.45, 2.75) is 65.4 Å². The number of nitrogens with zero attached hydrogens (tertiary/aromatic N) is 2. The number of likely N-dealkylation sites (tertiary alicyclic amines) is 2. The molecule has 3 aliphatic rings. The smallest absolute Gasteiger partial charge is 0.410 e. The highest BCUT2D eigenvalue weighted by molar-refractivity contribution is 5.93. The first-order chi connectivity index (χ1) is 12.6. The molecule has 0 aliphatic carbocycles. The van der Waals surface area contributed by atoms with Crippen LogP contribution in [0.15, 0.2) is 11.3 Å². The molecule has 1 spiro atoms. The molecule has 27 heavy (non-hydrogen) atoms. The number of hydrogen-bond acceptors (Lipinski definition) is 5. The van der Waals surface area contributed by atoms with Crippen molar-refractivity contribution in [1.29, 1.82) is 0 Å². The van der Waals surface area contributed by atoms with E-state index >= 15 is 0 Å². The van der Waals surface area contributed by atoms with Crippen LogP contribution in [-0.4, -0.2) is 59.6 Å². The number of ether oxygens (including phenoxy) is 2. The zero-order chi connectivity index (χ0) is 19.8.